The normalized spacial score (nSPS) is 14.8. The number of carbonyl (C=O) groups is 1. The van der Waals surface area contributed by atoms with Crippen molar-refractivity contribution >= 4 is 6.09 Å². The van der Waals surface area contributed by atoms with Crippen LogP contribution in [-0.2, 0) is 11.3 Å². The lowest BCUT2D eigenvalue weighted by Gasteiger charge is -2.18. The van der Waals surface area contributed by atoms with Gasteiger partial charge in [0, 0.05) is 30.9 Å². The Bertz CT molecular complexity index is 689. The molecule has 0 bridgehead atoms. The molecule has 0 unspecified atom stereocenters. The first-order valence-corrected chi connectivity index (χ1v) is 8.77. The highest BCUT2D eigenvalue weighted by Crippen LogP contribution is 2.32. The second kappa shape index (κ2) is 8.58. The van der Waals surface area contributed by atoms with Crippen LogP contribution in [0.25, 0.3) is 11.4 Å². The Morgan fingerprint density at radius 3 is 2.80 bits per heavy atom. The lowest BCUT2D eigenvalue weighted by Crippen LogP contribution is -2.43. The monoisotopic (exact) mass is 340 g/mol. The van der Waals surface area contributed by atoms with Crippen LogP contribution in [0, 0.1) is 5.92 Å². The predicted octanol–water partition coefficient (Wildman–Crippen LogP) is 2.76. The largest absolute Gasteiger partial charge is 0.450 e. The minimum absolute atomic E-state index is 0.106. The zero-order chi connectivity index (χ0) is 17.5. The Hall–Kier alpha value is -2.47. The van der Waals surface area contributed by atoms with E-state index < -0.39 is 0 Å². The quantitative estimate of drug-likeness (QED) is 0.773. The average Bonchev–Trinajstić information content (AvgIpc) is 3.47. The number of hydrogen-bond acceptors (Lipinski definition) is 5. The van der Waals surface area contributed by atoms with Crippen LogP contribution in [-0.4, -0.2) is 35.3 Å². The van der Waals surface area contributed by atoms with Crippen LogP contribution < -0.4 is 10.6 Å². The average molecular weight is 340 g/mol. The van der Waals surface area contributed by atoms with Gasteiger partial charge in [-0.1, -0.05) is 30.3 Å². The van der Waals surface area contributed by atoms with Gasteiger partial charge in [-0.2, -0.15) is 0 Å². The maximum absolute atomic E-state index is 11.6. The van der Waals surface area contributed by atoms with E-state index in [1.807, 2.05) is 43.3 Å². The van der Waals surface area contributed by atoms with Gasteiger partial charge >= 0.3 is 6.09 Å². The van der Waals surface area contributed by atoms with E-state index in [0.29, 0.717) is 25.6 Å². The molecule has 6 heteroatoms. The Labute approximate surface area is 148 Å². The third-order valence-corrected chi connectivity index (χ3v) is 4.19. The third kappa shape index (κ3) is 5.26. The summed E-state index contributed by atoms with van der Waals surface area (Å²) in [7, 11) is 0. The van der Waals surface area contributed by atoms with Gasteiger partial charge in [0.2, 0.25) is 0 Å². The van der Waals surface area contributed by atoms with Crippen molar-refractivity contribution in [2.24, 2.45) is 5.92 Å². The number of alkyl carbamates (subject to hydrolysis) is 1. The number of ether oxygens (including phenoxy) is 1. The van der Waals surface area contributed by atoms with Crippen LogP contribution in [0.5, 0.6) is 0 Å². The number of benzene rings is 1. The van der Waals surface area contributed by atoms with Crippen LogP contribution >= 0.6 is 0 Å². The minimum atomic E-state index is -0.338. The molecule has 0 aliphatic heterocycles. The Morgan fingerprint density at radius 2 is 2.08 bits per heavy atom. The van der Waals surface area contributed by atoms with Crippen molar-refractivity contribution in [3.05, 3.63) is 48.3 Å². The summed E-state index contributed by atoms with van der Waals surface area (Å²) in [5.74, 6) is 1.27. The van der Waals surface area contributed by atoms with Gasteiger partial charge in [-0.25, -0.2) is 14.8 Å². The minimum Gasteiger partial charge on any atom is -0.450 e. The van der Waals surface area contributed by atoms with E-state index in [0.717, 1.165) is 29.9 Å². The number of amides is 1. The molecule has 1 heterocycles. The van der Waals surface area contributed by atoms with E-state index in [1.54, 1.807) is 6.20 Å². The molecular formula is C19H24N4O2. The van der Waals surface area contributed by atoms with Crippen molar-refractivity contribution in [3.8, 4) is 11.4 Å². The predicted molar refractivity (Wildman–Crippen MR) is 95.8 cm³/mol. The molecule has 1 amide bonds. The van der Waals surface area contributed by atoms with Gasteiger partial charge in [0.25, 0.3) is 0 Å². The Balaban J connectivity index is 1.53. The molecule has 2 N–H and O–H groups in total. The standard InChI is InChI=1S/C19H24N4O2/c1-2-25-19(24)23-17(14-8-9-14)13-20-12-16-10-11-21-18(22-16)15-6-4-3-5-7-15/h3-7,10-11,14,17,20H,2,8-9,12-13H2,1H3,(H,23,24)/t17-/m0/s1. The smallest absolute Gasteiger partial charge is 0.407 e. The lowest BCUT2D eigenvalue weighted by molar-refractivity contribution is 0.146. The van der Waals surface area contributed by atoms with Gasteiger partial charge in [-0.05, 0) is 31.7 Å². The summed E-state index contributed by atoms with van der Waals surface area (Å²) in [6, 6.07) is 11.9. The molecule has 0 radical (unpaired) electrons. The first-order chi connectivity index (χ1) is 12.3. The van der Waals surface area contributed by atoms with Crippen molar-refractivity contribution in [2.75, 3.05) is 13.2 Å². The molecule has 1 aromatic heterocycles. The van der Waals surface area contributed by atoms with Crippen LogP contribution in [0.15, 0.2) is 42.6 Å². The number of rotatable bonds is 8. The molecule has 132 valence electrons. The zero-order valence-electron chi connectivity index (χ0n) is 14.4. The number of carbonyl (C=O) groups excluding carboxylic acids is 1. The van der Waals surface area contributed by atoms with E-state index >= 15 is 0 Å². The summed E-state index contributed by atoms with van der Waals surface area (Å²) in [6.45, 7) is 3.54. The van der Waals surface area contributed by atoms with Crippen molar-refractivity contribution in [2.45, 2.75) is 32.4 Å². The van der Waals surface area contributed by atoms with E-state index in [-0.39, 0.29) is 12.1 Å². The van der Waals surface area contributed by atoms with Crippen LogP contribution in [0.2, 0.25) is 0 Å². The third-order valence-electron chi connectivity index (χ3n) is 4.19. The number of aromatic nitrogens is 2. The second-order valence-electron chi connectivity index (χ2n) is 6.18. The summed E-state index contributed by atoms with van der Waals surface area (Å²) in [5.41, 5.74) is 1.93. The van der Waals surface area contributed by atoms with E-state index in [2.05, 4.69) is 20.6 Å². The fourth-order valence-electron chi connectivity index (χ4n) is 2.73. The zero-order valence-corrected chi connectivity index (χ0v) is 14.4. The molecular weight excluding hydrogens is 316 g/mol. The van der Waals surface area contributed by atoms with E-state index in [1.165, 1.54) is 0 Å². The molecule has 1 aliphatic rings. The molecule has 1 fully saturated rings. The lowest BCUT2D eigenvalue weighted by atomic mass is 10.2. The maximum Gasteiger partial charge on any atom is 0.407 e. The molecule has 1 aliphatic carbocycles. The van der Waals surface area contributed by atoms with Crippen LogP contribution in [0.4, 0.5) is 4.79 Å². The van der Waals surface area contributed by atoms with Gasteiger partial charge in [0.1, 0.15) is 0 Å². The SMILES string of the molecule is CCOC(=O)N[C@@H](CNCc1ccnc(-c2ccccc2)n1)C1CC1. The molecule has 1 aromatic carbocycles. The van der Waals surface area contributed by atoms with Crippen LogP contribution in [0.3, 0.4) is 0 Å². The van der Waals surface area contributed by atoms with Gasteiger partial charge < -0.3 is 15.4 Å². The Morgan fingerprint density at radius 1 is 1.28 bits per heavy atom. The van der Waals surface area contributed by atoms with Gasteiger partial charge in [-0.3, -0.25) is 0 Å². The number of nitrogens with one attached hydrogen (secondary N) is 2. The molecule has 2 aromatic rings. The molecule has 6 nitrogen and oxygen atoms in total. The highest BCUT2D eigenvalue weighted by molar-refractivity contribution is 5.67. The topological polar surface area (TPSA) is 76.1 Å². The second-order valence-corrected chi connectivity index (χ2v) is 6.18. The fourth-order valence-corrected chi connectivity index (χ4v) is 2.73. The molecule has 1 atom stereocenters. The van der Waals surface area contributed by atoms with Crippen molar-refractivity contribution in [1.29, 1.82) is 0 Å². The molecule has 0 saturated heterocycles. The van der Waals surface area contributed by atoms with E-state index in [4.69, 9.17) is 4.74 Å². The number of nitrogens with zero attached hydrogens (tertiary/aromatic N) is 2. The highest BCUT2D eigenvalue weighted by atomic mass is 16.5. The Kier molecular flexibility index (Phi) is 5.95. The van der Waals surface area contributed by atoms with Gasteiger partial charge in [-0.15, -0.1) is 0 Å². The fraction of sp³-hybridized carbons (Fsp3) is 0.421. The van der Waals surface area contributed by atoms with E-state index in [9.17, 15) is 4.79 Å². The molecule has 25 heavy (non-hydrogen) atoms. The van der Waals surface area contributed by atoms with Crippen molar-refractivity contribution in [1.82, 2.24) is 20.6 Å². The van der Waals surface area contributed by atoms with Gasteiger partial charge in [0.15, 0.2) is 5.82 Å². The van der Waals surface area contributed by atoms with Gasteiger partial charge in [0.05, 0.1) is 12.3 Å². The van der Waals surface area contributed by atoms with Crippen molar-refractivity contribution in [3.63, 3.8) is 0 Å². The highest BCUT2D eigenvalue weighted by Gasteiger charge is 2.32. The molecule has 0 spiro atoms. The summed E-state index contributed by atoms with van der Waals surface area (Å²) < 4.78 is 4.98. The summed E-state index contributed by atoms with van der Waals surface area (Å²) in [6.07, 6.45) is 3.76. The number of hydrogen-bond donors (Lipinski definition) is 2. The first-order valence-electron chi connectivity index (χ1n) is 8.77. The summed E-state index contributed by atoms with van der Waals surface area (Å²) in [5, 5.41) is 6.34. The maximum atomic E-state index is 11.6. The first kappa shape index (κ1) is 17.4. The van der Waals surface area contributed by atoms with Crippen LogP contribution in [0.1, 0.15) is 25.5 Å². The molecule has 1 saturated carbocycles. The summed E-state index contributed by atoms with van der Waals surface area (Å²) >= 11 is 0. The summed E-state index contributed by atoms with van der Waals surface area (Å²) in [4.78, 5) is 20.6. The van der Waals surface area contributed by atoms with Crippen molar-refractivity contribution < 1.29 is 9.53 Å². The molecule has 3 rings (SSSR count).